The van der Waals surface area contributed by atoms with Crippen LogP contribution >= 0.6 is 22.9 Å². The lowest BCUT2D eigenvalue weighted by Crippen LogP contribution is -2.16. The second-order valence-corrected chi connectivity index (χ2v) is 7.18. The fourth-order valence-electron chi connectivity index (χ4n) is 2.78. The van der Waals surface area contributed by atoms with E-state index in [1.807, 2.05) is 46.3 Å². The van der Waals surface area contributed by atoms with Crippen molar-refractivity contribution in [3.63, 3.8) is 0 Å². The molecule has 28 heavy (non-hydrogen) atoms. The molecule has 140 valence electrons. The topological polar surface area (TPSA) is 73.6 Å². The summed E-state index contributed by atoms with van der Waals surface area (Å²) in [6, 6.07) is 17.6. The van der Waals surface area contributed by atoms with E-state index in [0.717, 1.165) is 17.0 Å². The summed E-state index contributed by atoms with van der Waals surface area (Å²) in [5.74, 6) is 0.755. The van der Waals surface area contributed by atoms with Gasteiger partial charge in [0.05, 0.1) is 34.1 Å². The molecule has 0 fully saturated rings. The van der Waals surface area contributed by atoms with Crippen molar-refractivity contribution >= 4 is 34.3 Å². The minimum absolute atomic E-state index is 0.0397. The third-order valence-electron chi connectivity index (χ3n) is 4.11. The van der Waals surface area contributed by atoms with E-state index in [1.54, 1.807) is 24.5 Å². The highest BCUT2D eigenvalue weighted by Crippen LogP contribution is 2.27. The van der Waals surface area contributed by atoms with Crippen LogP contribution in [-0.2, 0) is 6.54 Å². The number of para-hydroxylation sites is 1. The van der Waals surface area contributed by atoms with Gasteiger partial charge in [-0.15, -0.1) is 11.3 Å². The van der Waals surface area contributed by atoms with Crippen LogP contribution in [0, 0.1) is 10.1 Å². The Morgan fingerprint density at radius 2 is 2.00 bits per heavy atom. The van der Waals surface area contributed by atoms with Crippen molar-refractivity contribution in [1.29, 1.82) is 0 Å². The van der Waals surface area contributed by atoms with Crippen molar-refractivity contribution in [3.8, 4) is 11.3 Å². The molecule has 2 aromatic heterocycles. The van der Waals surface area contributed by atoms with Crippen molar-refractivity contribution in [2.45, 2.75) is 6.54 Å². The van der Waals surface area contributed by atoms with E-state index in [9.17, 15) is 10.1 Å². The minimum atomic E-state index is -0.401. The highest BCUT2D eigenvalue weighted by Gasteiger charge is 2.14. The molecule has 4 rings (SSSR count). The van der Waals surface area contributed by atoms with E-state index in [4.69, 9.17) is 21.0 Å². The number of nitro benzene ring substituents is 1. The Labute approximate surface area is 169 Å². The van der Waals surface area contributed by atoms with Crippen LogP contribution in [0.4, 0.5) is 11.4 Å². The number of furan rings is 1. The van der Waals surface area contributed by atoms with Gasteiger partial charge in [-0.05, 0) is 24.3 Å². The van der Waals surface area contributed by atoms with Gasteiger partial charge in [0, 0.05) is 23.1 Å². The maximum absolute atomic E-state index is 11.2. The Balaban J connectivity index is 1.88. The van der Waals surface area contributed by atoms with Crippen molar-refractivity contribution in [2.24, 2.45) is 4.99 Å². The zero-order valence-corrected chi connectivity index (χ0v) is 16.1. The standard InChI is InChI=1S/C20H14ClN3O3S/c21-17-8-1-2-9-18(17)22-20-23(12-16-7-4-10-27-16)19(13-28-20)14-5-3-6-15(11-14)24(25)26/h1-11,13H,12H2. The number of benzene rings is 2. The van der Waals surface area contributed by atoms with Gasteiger partial charge in [-0.2, -0.15) is 0 Å². The molecule has 0 aliphatic carbocycles. The number of nitrogens with zero attached hydrogens (tertiary/aromatic N) is 3. The Morgan fingerprint density at radius 3 is 2.75 bits per heavy atom. The van der Waals surface area contributed by atoms with Gasteiger partial charge < -0.3 is 8.98 Å². The Bertz CT molecular complexity index is 1200. The van der Waals surface area contributed by atoms with E-state index in [1.165, 1.54) is 17.4 Å². The first kappa shape index (κ1) is 18.2. The number of halogens is 1. The van der Waals surface area contributed by atoms with Gasteiger partial charge in [-0.3, -0.25) is 10.1 Å². The number of rotatable bonds is 5. The molecule has 0 saturated carbocycles. The summed E-state index contributed by atoms with van der Waals surface area (Å²) in [7, 11) is 0. The Morgan fingerprint density at radius 1 is 1.14 bits per heavy atom. The van der Waals surface area contributed by atoms with E-state index < -0.39 is 4.92 Å². The average Bonchev–Trinajstić information content (AvgIpc) is 3.35. The van der Waals surface area contributed by atoms with Crippen LogP contribution in [0.15, 0.2) is 81.7 Å². The van der Waals surface area contributed by atoms with Gasteiger partial charge in [0.25, 0.3) is 5.69 Å². The summed E-state index contributed by atoms with van der Waals surface area (Å²) >= 11 is 7.69. The monoisotopic (exact) mass is 411 g/mol. The van der Waals surface area contributed by atoms with Crippen LogP contribution in [0.25, 0.3) is 11.3 Å². The molecule has 0 radical (unpaired) electrons. The first-order chi connectivity index (χ1) is 13.6. The number of non-ortho nitro benzene ring substituents is 1. The maximum Gasteiger partial charge on any atom is 0.270 e. The smallest absolute Gasteiger partial charge is 0.270 e. The van der Waals surface area contributed by atoms with Crippen molar-refractivity contribution in [2.75, 3.05) is 0 Å². The maximum atomic E-state index is 11.2. The minimum Gasteiger partial charge on any atom is -0.467 e. The fraction of sp³-hybridized carbons (Fsp3) is 0.0500. The summed E-state index contributed by atoms with van der Waals surface area (Å²) in [4.78, 5) is 16.2. The van der Waals surface area contributed by atoms with Crippen molar-refractivity contribution < 1.29 is 9.34 Å². The third kappa shape index (κ3) is 3.76. The second kappa shape index (κ2) is 7.84. The van der Waals surface area contributed by atoms with Crippen molar-refractivity contribution in [3.05, 3.63) is 98.0 Å². The van der Waals surface area contributed by atoms with Gasteiger partial charge in [0.2, 0.25) is 0 Å². The summed E-state index contributed by atoms with van der Waals surface area (Å²) in [6.07, 6.45) is 1.61. The van der Waals surface area contributed by atoms with E-state index in [2.05, 4.69) is 0 Å². The molecular formula is C20H14ClN3O3S. The average molecular weight is 412 g/mol. The summed E-state index contributed by atoms with van der Waals surface area (Å²) < 4.78 is 7.46. The zero-order chi connectivity index (χ0) is 19.5. The van der Waals surface area contributed by atoms with Crippen LogP contribution < -0.4 is 4.80 Å². The molecule has 0 aliphatic heterocycles. The lowest BCUT2D eigenvalue weighted by Gasteiger charge is -2.08. The number of nitro groups is 1. The quantitative estimate of drug-likeness (QED) is 0.314. The van der Waals surface area contributed by atoms with Crippen LogP contribution in [0.1, 0.15) is 5.76 Å². The molecule has 0 aliphatic rings. The van der Waals surface area contributed by atoms with Gasteiger partial charge in [-0.1, -0.05) is 35.9 Å². The molecule has 6 nitrogen and oxygen atoms in total. The number of aromatic nitrogens is 1. The van der Waals surface area contributed by atoms with E-state index >= 15 is 0 Å². The largest absolute Gasteiger partial charge is 0.467 e. The second-order valence-electron chi connectivity index (χ2n) is 5.94. The third-order valence-corrected chi connectivity index (χ3v) is 5.30. The molecule has 2 aromatic carbocycles. The number of hydrogen-bond donors (Lipinski definition) is 0. The molecule has 2 heterocycles. The normalized spacial score (nSPS) is 11.7. The molecule has 0 N–H and O–H groups in total. The first-order valence-corrected chi connectivity index (χ1v) is 9.62. The molecule has 0 spiro atoms. The SMILES string of the molecule is O=[N+]([O-])c1cccc(-c2csc(=Nc3ccccc3Cl)n2Cc2ccco2)c1. The fourth-order valence-corrected chi connectivity index (χ4v) is 3.88. The highest BCUT2D eigenvalue weighted by atomic mass is 35.5. The van der Waals surface area contributed by atoms with Gasteiger partial charge in [0.15, 0.2) is 4.80 Å². The molecular weight excluding hydrogens is 398 g/mol. The van der Waals surface area contributed by atoms with Crippen LogP contribution in [0.5, 0.6) is 0 Å². The molecule has 0 bridgehead atoms. The van der Waals surface area contributed by atoms with E-state index in [-0.39, 0.29) is 5.69 Å². The van der Waals surface area contributed by atoms with Crippen LogP contribution in [0.2, 0.25) is 5.02 Å². The summed E-state index contributed by atoms with van der Waals surface area (Å²) in [5, 5.41) is 13.6. The van der Waals surface area contributed by atoms with Gasteiger partial charge in [0.1, 0.15) is 5.76 Å². The lowest BCUT2D eigenvalue weighted by molar-refractivity contribution is -0.384. The predicted molar refractivity (Wildman–Crippen MR) is 109 cm³/mol. The molecule has 8 heteroatoms. The summed E-state index contributed by atoms with van der Waals surface area (Å²) in [6.45, 7) is 0.442. The van der Waals surface area contributed by atoms with Crippen LogP contribution in [-0.4, -0.2) is 9.49 Å². The first-order valence-electron chi connectivity index (χ1n) is 8.36. The number of hydrogen-bond acceptors (Lipinski definition) is 5. The zero-order valence-electron chi connectivity index (χ0n) is 14.5. The van der Waals surface area contributed by atoms with E-state index in [0.29, 0.717) is 22.1 Å². The molecule has 0 unspecified atom stereocenters. The Kier molecular flexibility index (Phi) is 5.10. The molecule has 0 saturated heterocycles. The molecule has 0 amide bonds. The van der Waals surface area contributed by atoms with Crippen LogP contribution in [0.3, 0.4) is 0 Å². The Hall–Kier alpha value is -3.16. The molecule has 4 aromatic rings. The lowest BCUT2D eigenvalue weighted by atomic mass is 10.1. The van der Waals surface area contributed by atoms with Gasteiger partial charge in [-0.25, -0.2) is 4.99 Å². The predicted octanol–water partition coefficient (Wildman–Crippen LogP) is 5.65. The summed E-state index contributed by atoms with van der Waals surface area (Å²) in [5.41, 5.74) is 2.25. The number of thiazole rings is 1. The van der Waals surface area contributed by atoms with Crippen molar-refractivity contribution in [1.82, 2.24) is 4.57 Å². The molecule has 0 atom stereocenters. The van der Waals surface area contributed by atoms with Gasteiger partial charge >= 0.3 is 0 Å². The highest BCUT2D eigenvalue weighted by molar-refractivity contribution is 7.07.